The standard InChI is InChI=1S/C14H20ClN3O2/c15-13-6-11(14(16)18-19)3-4-12(13)8-17-7-10-2-1-5-20-9-10/h3-4,6,10,17,19H,1-2,5,7-9H2,(H2,16,18). The minimum Gasteiger partial charge on any atom is -0.409 e. The third kappa shape index (κ3) is 4.10. The Labute approximate surface area is 123 Å². The Bertz CT molecular complexity index is 473. The highest BCUT2D eigenvalue weighted by molar-refractivity contribution is 6.31. The molecule has 20 heavy (non-hydrogen) atoms. The van der Waals surface area contributed by atoms with E-state index < -0.39 is 0 Å². The van der Waals surface area contributed by atoms with Crippen LogP contribution in [0.5, 0.6) is 0 Å². The molecule has 1 fully saturated rings. The highest BCUT2D eigenvalue weighted by Gasteiger charge is 2.13. The molecular formula is C14H20ClN3O2. The largest absolute Gasteiger partial charge is 0.409 e. The fraction of sp³-hybridized carbons (Fsp3) is 0.500. The number of nitrogens with two attached hydrogens (primary N) is 1. The van der Waals surface area contributed by atoms with E-state index in [2.05, 4.69) is 10.5 Å². The molecule has 0 radical (unpaired) electrons. The van der Waals surface area contributed by atoms with Gasteiger partial charge in [0.2, 0.25) is 0 Å². The van der Waals surface area contributed by atoms with Crippen LogP contribution in [-0.2, 0) is 11.3 Å². The van der Waals surface area contributed by atoms with Gasteiger partial charge in [0.05, 0.1) is 6.61 Å². The highest BCUT2D eigenvalue weighted by Crippen LogP contribution is 2.18. The second kappa shape index (κ2) is 7.47. The Balaban J connectivity index is 1.86. The zero-order valence-electron chi connectivity index (χ0n) is 11.3. The zero-order valence-corrected chi connectivity index (χ0v) is 12.1. The first kappa shape index (κ1) is 15.1. The molecule has 110 valence electrons. The van der Waals surface area contributed by atoms with Gasteiger partial charge in [-0.15, -0.1) is 0 Å². The van der Waals surface area contributed by atoms with Gasteiger partial charge in [-0.25, -0.2) is 0 Å². The van der Waals surface area contributed by atoms with Crippen LogP contribution in [0.3, 0.4) is 0 Å². The number of nitrogens with one attached hydrogen (secondary N) is 1. The molecule has 1 aliphatic rings. The second-order valence-corrected chi connectivity index (χ2v) is 5.41. The Morgan fingerprint density at radius 2 is 2.40 bits per heavy atom. The first-order chi connectivity index (χ1) is 9.70. The SMILES string of the molecule is N/C(=N/O)c1ccc(CNCC2CCCOC2)c(Cl)c1. The molecular weight excluding hydrogens is 278 g/mol. The van der Waals surface area contributed by atoms with Gasteiger partial charge in [-0.05, 0) is 30.4 Å². The number of nitrogens with zero attached hydrogens (tertiary/aromatic N) is 1. The van der Waals surface area contributed by atoms with Crippen LogP contribution in [0.15, 0.2) is 23.4 Å². The van der Waals surface area contributed by atoms with Crippen molar-refractivity contribution in [3.05, 3.63) is 34.3 Å². The summed E-state index contributed by atoms with van der Waals surface area (Å²) in [7, 11) is 0. The molecule has 0 aliphatic carbocycles. The van der Waals surface area contributed by atoms with Crippen molar-refractivity contribution in [2.75, 3.05) is 19.8 Å². The van der Waals surface area contributed by atoms with Crippen molar-refractivity contribution in [1.82, 2.24) is 5.32 Å². The molecule has 5 nitrogen and oxygen atoms in total. The summed E-state index contributed by atoms with van der Waals surface area (Å²) < 4.78 is 5.45. The molecule has 1 heterocycles. The molecule has 6 heteroatoms. The van der Waals surface area contributed by atoms with Gasteiger partial charge in [0.1, 0.15) is 0 Å². The molecule has 0 aromatic heterocycles. The Morgan fingerprint density at radius 3 is 3.05 bits per heavy atom. The number of halogens is 1. The predicted octanol–water partition coefficient (Wildman–Crippen LogP) is 1.95. The van der Waals surface area contributed by atoms with Gasteiger partial charge in [-0.3, -0.25) is 0 Å². The van der Waals surface area contributed by atoms with Gasteiger partial charge < -0.3 is 21.0 Å². The number of ether oxygens (including phenoxy) is 1. The molecule has 1 aromatic rings. The maximum absolute atomic E-state index is 8.63. The molecule has 1 atom stereocenters. The van der Waals surface area contributed by atoms with Crippen LogP contribution in [0, 0.1) is 5.92 Å². The number of benzene rings is 1. The lowest BCUT2D eigenvalue weighted by Crippen LogP contribution is -2.29. The summed E-state index contributed by atoms with van der Waals surface area (Å²) in [5, 5.41) is 15.6. The molecule has 0 spiro atoms. The van der Waals surface area contributed by atoms with Crippen molar-refractivity contribution in [3.8, 4) is 0 Å². The molecule has 1 unspecified atom stereocenters. The van der Waals surface area contributed by atoms with Crippen LogP contribution in [0.4, 0.5) is 0 Å². The summed E-state index contributed by atoms with van der Waals surface area (Å²) in [5.74, 6) is 0.643. The molecule has 0 bridgehead atoms. The fourth-order valence-electron chi connectivity index (χ4n) is 2.29. The van der Waals surface area contributed by atoms with Gasteiger partial charge in [0.15, 0.2) is 5.84 Å². The van der Waals surface area contributed by atoms with E-state index in [1.165, 1.54) is 6.42 Å². The topological polar surface area (TPSA) is 79.9 Å². The van der Waals surface area contributed by atoms with Crippen molar-refractivity contribution in [3.63, 3.8) is 0 Å². The molecule has 2 rings (SSSR count). The van der Waals surface area contributed by atoms with Gasteiger partial charge in [0.25, 0.3) is 0 Å². The van der Waals surface area contributed by atoms with E-state index >= 15 is 0 Å². The smallest absolute Gasteiger partial charge is 0.170 e. The van der Waals surface area contributed by atoms with Crippen LogP contribution in [0.2, 0.25) is 5.02 Å². The lowest BCUT2D eigenvalue weighted by molar-refractivity contribution is 0.0547. The third-order valence-corrected chi connectivity index (χ3v) is 3.81. The van der Waals surface area contributed by atoms with Crippen molar-refractivity contribution in [2.24, 2.45) is 16.8 Å². The van der Waals surface area contributed by atoms with E-state index in [0.717, 1.165) is 31.7 Å². The lowest BCUT2D eigenvalue weighted by atomic mass is 10.0. The monoisotopic (exact) mass is 297 g/mol. The molecule has 0 amide bonds. The normalized spacial score (nSPS) is 20.1. The van der Waals surface area contributed by atoms with E-state index in [1.807, 2.05) is 6.07 Å². The van der Waals surface area contributed by atoms with Crippen LogP contribution in [0.1, 0.15) is 24.0 Å². The van der Waals surface area contributed by atoms with Crippen molar-refractivity contribution < 1.29 is 9.94 Å². The summed E-state index contributed by atoms with van der Waals surface area (Å²) in [6.45, 7) is 3.35. The first-order valence-corrected chi connectivity index (χ1v) is 7.13. The van der Waals surface area contributed by atoms with Gasteiger partial charge in [-0.2, -0.15) is 0 Å². The minimum absolute atomic E-state index is 0.0609. The van der Waals surface area contributed by atoms with E-state index in [0.29, 0.717) is 23.0 Å². The second-order valence-electron chi connectivity index (χ2n) is 5.01. The summed E-state index contributed by atoms with van der Waals surface area (Å²) >= 11 is 6.20. The number of rotatable bonds is 5. The zero-order chi connectivity index (χ0) is 14.4. The lowest BCUT2D eigenvalue weighted by Gasteiger charge is -2.22. The highest BCUT2D eigenvalue weighted by atomic mass is 35.5. The minimum atomic E-state index is 0.0609. The Morgan fingerprint density at radius 1 is 1.55 bits per heavy atom. The summed E-state index contributed by atoms with van der Waals surface area (Å²) in [5.41, 5.74) is 7.13. The molecule has 1 aromatic carbocycles. The van der Waals surface area contributed by atoms with E-state index in [9.17, 15) is 0 Å². The van der Waals surface area contributed by atoms with Crippen LogP contribution >= 0.6 is 11.6 Å². The van der Waals surface area contributed by atoms with Crippen molar-refractivity contribution in [1.29, 1.82) is 0 Å². The van der Waals surface area contributed by atoms with Gasteiger partial charge in [0, 0.05) is 30.3 Å². The van der Waals surface area contributed by atoms with Crippen LogP contribution < -0.4 is 11.1 Å². The number of amidine groups is 1. The summed E-state index contributed by atoms with van der Waals surface area (Å²) in [6, 6.07) is 5.39. The quantitative estimate of drug-likeness (QED) is 0.336. The molecule has 0 saturated carbocycles. The van der Waals surface area contributed by atoms with Crippen LogP contribution in [0.25, 0.3) is 0 Å². The Hall–Kier alpha value is -1.30. The van der Waals surface area contributed by atoms with E-state index in [4.69, 9.17) is 27.3 Å². The molecule has 4 N–H and O–H groups in total. The average Bonchev–Trinajstić information content (AvgIpc) is 2.49. The number of oxime groups is 1. The van der Waals surface area contributed by atoms with E-state index in [-0.39, 0.29) is 5.84 Å². The summed E-state index contributed by atoms with van der Waals surface area (Å²) in [6.07, 6.45) is 2.35. The third-order valence-electron chi connectivity index (χ3n) is 3.46. The number of hydrogen-bond donors (Lipinski definition) is 3. The van der Waals surface area contributed by atoms with Gasteiger partial charge in [-0.1, -0.05) is 28.9 Å². The Kier molecular flexibility index (Phi) is 5.64. The fourth-order valence-corrected chi connectivity index (χ4v) is 2.53. The van der Waals surface area contributed by atoms with E-state index in [1.54, 1.807) is 12.1 Å². The molecule has 1 saturated heterocycles. The first-order valence-electron chi connectivity index (χ1n) is 6.75. The maximum atomic E-state index is 8.63. The number of hydrogen-bond acceptors (Lipinski definition) is 4. The maximum Gasteiger partial charge on any atom is 0.170 e. The molecule has 1 aliphatic heterocycles. The average molecular weight is 298 g/mol. The van der Waals surface area contributed by atoms with Crippen molar-refractivity contribution >= 4 is 17.4 Å². The van der Waals surface area contributed by atoms with Crippen molar-refractivity contribution in [2.45, 2.75) is 19.4 Å². The summed E-state index contributed by atoms with van der Waals surface area (Å²) in [4.78, 5) is 0. The predicted molar refractivity (Wildman–Crippen MR) is 79.2 cm³/mol. The van der Waals surface area contributed by atoms with Crippen LogP contribution in [-0.4, -0.2) is 30.8 Å². The van der Waals surface area contributed by atoms with Gasteiger partial charge >= 0.3 is 0 Å².